The molecule has 1 aliphatic rings. The molecule has 2 N–H and O–H groups in total. The molecule has 1 aliphatic heterocycles. The van der Waals surface area contributed by atoms with Crippen LogP contribution in [-0.2, 0) is 14.8 Å². The zero-order chi connectivity index (χ0) is 14.9. The van der Waals surface area contributed by atoms with Crippen molar-refractivity contribution in [2.45, 2.75) is 17.4 Å². The Morgan fingerprint density at radius 3 is 2.40 bits per heavy atom. The number of halogens is 1. The number of aliphatic hydroxyl groups is 1. The second-order valence-electron chi connectivity index (χ2n) is 4.62. The predicted molar refractivity (Wildman–Crippen MR) is 66.9 cm³/mol. The van der Waals surface area contributed by atoms with E-state index in [2.05, 4.69) is 0 Å². The molecule has 2 rings (SSSR count). The standard InChI is InChI=1S/C12H14FNO5S/c13-8-1-3-9(4-2-8)20(18,19)14-6-5-10(12(16)17)11(15)7-14/h1-4,10-11,15H,5-7H2,(H,16,17)/t10-,11+/m0/s1. The molecule has 0 aromatic heterocycles. The topological polar surface area (TPSA) is 94.9 Å². The first kappa shape index (κ1) is 14.9. The van der Waals surface area contributed by atoms with E-state index < -0.39 is 33.8 Å². The third-order valence-electron chi connectivity index (χ3n) is 3.31. The average Bonchev–Trinajstić information content (AvgIpc) is 2.38. The molecular weight excluding hydrogens is 289 g/mol. The zero-order valence-corrected chi connectivity index (χ0v) is 11.3. The molecule has 0 radical (unpaired) electrons. The van der Waals surface area contributed by atoms with Gasteiger partial charge in [0.15, 0.2) is 0 Å². The Balaban J connectivity index is 2.20. The summed E-state index contributed by atoms with van der Waals surface area (Å²) in [6, 6.07) is 4.35. The summed E-state index contributed by atoms with van der Waals surface area (Å²) in [6.45, 7) is -0.273. The van der Waals surface area contributed by atoms with Gasteiger partial charge in [0.05, 0.1) is 16.9 Å². The van der Waals surface area contributed by atoms with Crippen LogP contribution >= 0.6 is 0 Å². The second kappa shape index (κ2) is 5.47. The first-order valence-electron chi connectivity index (χ1n) is 5.99. The van der Waals surface area contributed by atoms with E-state index in [-0.39, 0.29) is 24.4 Å². The number of hydrogen-bond acceptors (Lipinski definition) is 4. The van der Waals surface area contributed by atoms with Gasteiger partial charge in [-0.2, -0.15) is 4.31 Å². The molecule has 1 aromatic carbocycles. The number of benzene rings is 1. The van der Waals surface area contributed by atoms with Gasteiger partial charge in [-0.15, -0.1) is 0 Å². The Labute approximate surface area is 115 Å². The van der Waals surface area contributed by atoms with Crippen molar-refractivity contribution >= 4 is 16.0 Å². The number of rotatable bonds is 3. The van der Waals surface area contributed by atoms with E-state index in [0.717, 1.165) is 28.6 Å². The Morgan fingerprint density at radius 1 is 1.30 bits per heavy atom. The highest BCUT2D eigenvalue weighted by atomic mass is 32.2. The van der Waals surface area contributed by atoms with Crippen LogP contribution in [0.15, 0.2) is 29.2 Å². The lowest BCUT2D eigenvalue weighted by Gasteiger charge is -2.33. The molecule has 0 spiro atoms. The van der Waals surface area contributed by atoms with Gasteiger partial charge in [-0.25, -0.2) is 12.8 Å². The van der Waals surface area contributed by atoms with Gasteiger partial charge in [0.1, 0.15) is 5.82 Å². The van der Waals surface area contributed by atoms with Crippen molar-refractivity contribution in [1.82, 2.24) is 4.31 Å². The molecule has 1 fully saturated rings. The van der Waals surface area contributed by atoms with Crippen LogP contribution in [0.3, 0.4) is 0 Å². The maximum atomic E-state index is 12.8. The van der Waals surface area contributed by atoms with Crippen molar-refractivity contribution in [3.05, 3.63) is 30.1 Å². The van der Waals surface area contributed by atoms with Crippen LogP contribution in [-0.4, -0.2) is 48.1 Å². The third-order valence-corrected chi connectivity index (χ3v) is 5.19. The maximum Gasteiger partial charge on any atom is 0.309 e. The summed E-state index contributed by atoms with van der Waals surface area (Å²) in [5.74, 6) is -2.65. The number of β-amino-alcohol motifs (C(OH)–C–C–N with tert-alkyl or cyclic N) is 1. The quantitative estimate of drug-likeness (QED) is 0.836. The van der Waals surface area contributed by atoms with E-state index in [1.165, 1.54) is 0 Å². The lowest BCUT2D eigenvalue weighted by atomic mass is 9.95. The molecule has 0 amide bonds. The highest BCUT2D eigenvalue weighted by Gasteiger charge is 2.37. The van der Waals surface area contributed by atoms with Gasteiger partial charge < -0.3 is 10.2 Å². The van der Waals surface area contributed by atoms with Crippen LogP contribution in [0.4, 0.5) is 4.39 Å². The maximum absolute atomic E-state index is 12.8. The number of hydrogen-bond donors (Lipinski definition) is 2. The SMILES string of the molecule is O=C(O)[C@H]1CCN(S(=O)(=O)c2ccc(F)cc2)C[C@H]1O. The Hall–Kier alpha value is -1.51. The number of nitrogens with zero attached hydrogens (tertiary/aromatic N) is 1. The molecule has 2 atom stereocenters. The molecule has 0 saturated carbocycles. The van der Waals surface area contributed by atoms with Crippen molar-refractivity contribution < 1.29 is 27.8 Å². The minimum absolute atomic E-state index is 0.00768. The number of aliphatic carboxylic acids is 1. The average molecular weight is 303 g/mol. The van der Waals surface area contributed by atoms with Crippen molar-refractivity contribution in [2.24, 2.45) is 5.92 Å². The summed E-state index contributed by atoms with van der Waals surface area (Å²) < 4.78 is 38.4. The summed E-state index contributed by atoms with van der Waals surface area (Å²) in [5, 5.41) is 18.6. The van der Waals surface area contributed by atoms with Crippen molar-refractivity contribution in [2.75, 3.05) is 13.1 Å². The first-order valence-corrected chi connectivity index (χ1v) is 7.43. The van der Waals surface area contributed by atoms with Crippen LogP contribution in [0.5, 0.6) is 0 Å². The smallest absolute Gasteiger partial charge is 0.309 e. The summed E-state index contributed by atoms with van der Waals surface area (Å²) in [4.78, 5) is 10.8. The van der Waals surface area contributed by atoms with Crippen LogP contribution < -0.4 is 0 Å². The van der Waals surface area contributed by atoms with E-state index >= 15 is 0 Å². The van der Waals surface area contributed by atoms with Crippen molar-refractivity contribution in [3.8, 4) is 0 Å². The van der Waals surface area contributed by atoms with E-state index in [1.807, 2.05) is 0 Å². The summed E-state index contributed by atoms with van der Waals surface area (Å²) in [5.41, 5.74) is 0. The van der Waals surface area contributed by atoms with E-state index in [4.69, 9.17) is 5.11 Å². The highest BCUT2D eigenvalue weighted by Crippen LogP contribution is 2.24. The minimum Gasteiger partial charge on any atom is -0.481 e. The number of carboxylic acids is 1. The normalized spacial score (nSPS) is 24.5. The van der Waals surface area contributed by atoms with Crippen LogP contribution in [0.25, 0.3) is 0 Å². The van der Waals surface area contributed by atoms with Crippen molar-refractivity contribution in [3.63, 3.8) is 0 Å². The van der Waals surface area contributed by atoms with Gasteiger partial charge in [0.2, 0.25) is 10.0 Å². The fourth-order valence-corrected chi connectivity index (χ4v) is 3.64. The highest BCUT2D eigenvalue weighted by molar-refractivity contribution is 7.89. The van der Waals surface area contributed by atoms with Gasteiger partial charge in [-0.1, -0.05) is 0 Å². The number of carbonyl (C=O) groups is 1. The lowest BCUT2D eigenvalue weighted by molar-refractivity contribution is -0.147. The predicted octanol–water partition coefficient (Wildman–Crippen LogP) is 0.282. The molecule has 1 saturated heterocycles. The fourth-order valence-electron chi connectivity index (χ4n) is 2.16. The molecule has 0 unspecified atom stereocenters. The Kier molecular flexibility index (Phi) is 4.07. The molecule has 8 heteroatoms. The number of carboxylic acid groups (broad SMARTS) is 1. The zero-order valence-electron chi connectivity index (χ0n) is 10.4. The third kappa shape index (κ3) is 2.82. The first-order chi connectivity index (χ1) is 9.32. The molecule has 110 valence electrons. The largest absolute Gasteiger partial charge is 0.481 e. The van der Waals surface area contributed by atoms with Gasteiger partial charge in [0.25, 0.3) is 0 Å². The monoisotopic (exact) mass is 303 g/mol. The van der Waals surface area contributed by atoms with Gasteiger partial charge in [-0.05, 0) is 30.7 Å². The van der Waals surface area contributed by atoms with E-state index in [1.54, 1.807) is 0 Å². The molecule has 20 heavy (non-hydrogen) atoms. The molecule has 0 aliphatic carbocycles. The van der Waals surface area contributed by atoms with Crippen molar-refractivity contribution in [1.29, 1.82) is 0 Å². The minimum atomic E-state index is -3.85. The molecule has 0 bridgehead atoms. The Morgan fingerprint density at radius 2 is 1.90 bits per heavy atom. The molecule has 1 aromatic rings. The van der Waals surface area contributed by atoms with Crippen LogP contribution in [0.1, 0.15) is 6.42 Å². The van der Waals surface area contributed by atoms with Crippen LogP contribution in [0.2, 0.25) is 0 Å². The number of aliphatic hydroxyl groups excluding tert-OH is 1. The molecule has 6 nitrogen and oxygen atoms in total. The summed E-state index contributed by atoms with van der Waals surface area (Å²) >= 11 is 0. The fraction of sp³-hybridized carbons (Fsp3) is 0.417. The summed E-state index contributed by atoms with van der Waals surface area (Å²) in [7, 11) is -3.85. The van der Waals surface area contributed by atoms with Gasteiger partial charge >= 0.3 is 5.97 Å². The second-order valence-corrected chi connectivity index (χ2v) is 6.56. The molecular formula is C12H14FNO5S. The van der Waals surface area contributed by atoms with E-state index in [0.29, 0.717) is 0 Å². The Bertz CT molecular complexity index is 601. The van der Waals surface area contributed by atoms with Gasteiger partial charge in [0, 0.05) is 13.1 Å². The van der Waals surface area contributed by atoms with Crippen LogP contribution in [0, 0.1) is 11.7 Å². The number of piperidine rings is 1. The lowest BCUT2D eigenvalue weighted by Crippen LogP contribution is -2.48. The van der Waals surface area contributed by atoms with E-state index in [9.17, 15) is 22.7 Å². The van der Waals surface area contributed by atoms with Gasteiger partial charge in [-0.3, -0.25) is 4.79 Å². The summed E-state index contributed by atoms with van der Waals surface area (Å²) in [6.07, 6.45) is -1.21. The number of sulfonamides is 1. The molecule has 1 heterocycles.